The smallest absolute Gasteiger partial charge is 0.172 e. The van der Waals surface area contributed by atoms with Gasteiger partial charge in [0.25, 0.3) is 0 Å². The summed E-state index contributed by atoms with van der Waals surface area (Å²) >= 11 is 17.4. The van der Waals surface area contributed by atoms with E-state index < -0.39 is 0 Å². The predicted molar refractivity (Wildman–Crippen MR) is 109 cm³/mol. The normalized spacial score (nSPS) is 10.7. The lowest BCUT2D eigenvalue weighted by atomic mass is 10.2. The molecule has 3 rings (SSSR count). The first-order chi connectivity index (χ1) is 12.5. The molecule has 0 fully saturated rings. The monoisotopic (exact) mass is 408 g/mol. The second-order valence-corrected chi connectivity index (χ2v) is 6.90. The first kappa shape index (κ1) is 18.7. The highest BCUT2D eigenvalue weighted by Gasteiger charge is 2.06. The fourth-order valence-electron chi connectivity index (χ4n) is 2.35. The lowest BCUT2D eigenvalue weighted by Crippen LogP contribution is -2.28. The summed E-state index contributed by atoms with van der Waals surface area (Å²) in [5.41, 5.74) is 2.01. The van der Waals surface area contributed by atoms with Crippen molar-refractivity contribution in [1.29, 1.82) is 0 Å². The lowest BCUT2D eigenvalue weighted by Gasteiger charge is -2.08. The molecule has 6 nitrogen and oxygen atoms in total. The number of aryl methyl sites for hydroxylation is 1. The molecule has 0 unspecified atom stereocenters. The molecule has 136 valence electrons. The van der Waals surface area contributed by atoms with Crippen molar-refractivity contribution in [1.82, 2.24) is 24.9 Å². The first-order valence-electron chi connectivity index (χ1n) is 8.07. The van der Waals surface area contributed by atoms with Gasteiger partial charge in [-0.15, -0.1) is 0 Å². The number of nitrogens with one attached hydrogen (secondary N) is 2. The molecular formula is C17H18Cl2N6S. The molecule has 0 amide bonds. The topological polar surface area (TPSA) is 59.7 Å². The van der Waals surface area contributed by atoms with Crippen molar-refractivity contribution in [3.05, 3.63) is 64.0 Å². The first-order valence-corrected chi connectivity index (χ1v) is 9.23. The molecule has 0 bridgehead atoms. The number of aromatic nitrogens is 4. The van der Waals surface area contributed by atoms with Crippen molar-refractivity contribution in [2.75, 3.05) is 5.32 Å². The van der Waals surface area contributed by atoms with E-state index in [2.05, 4.69) is 20.8 Å². The summed E-state index contributed by atoms with van der Waals surface area (Å²) in [7, 11) is 0. The summed E-state index contributed by atoms with van der Waals surface area (Å²) in [4.78, 5) is 0. The number of hydrogen-bond acceptors (Lipinski definition) is 3. The largest absolute Gasteiger partial charge is 0.358 e. The Morgan fingerprint density at radius 2 is 2.08 bits per heavy atom. The van der Waals surface area contributed by atoms with Crippen LogP contribution in [0.3, 0.4) is 0 Å². The Balaban J connectivity index is 1.53. The molecule has 2 aromatic heterocycles. The number of anilines is 1. The maximum atomic E-state index is 6.20. The van der Waals surface area contributed by atoms with Gasteiger partial charge in [0.1, 0.15) is 0 Å². The van der Waals surface area contributed by atoms with Crippen molar-refractivity contribution in [2.24, 2.45) is 0 Å². The van der Waals surface area contributed by atoms with Crippen LogP contribution in [0, 0.1) is 0 Å². The third kappa shape index (κ3) is 4.97. The molecule has 0 spiro atoms. The minimum absolute atomic E-state index is 0.504. The Kier molecular flexibility index (Phi) is 6.13. The van der Waals surface area contributed by atoms with E-state index in [1.54, 1.807) is 10.7 Å². The number of hydrogen-bond donors (Lipinski definition) is 2. The van der Waals surface area contributed by atoms with Gasteiger partial charge in [-0.1, -0.05) is 29.3 Å². The van der Waals surface area contributed by atoms with E-state index in [9.17, 15) is 0 Å². The summed E-state index contributed by atoms with van der Waals surface area (Å²) in [5, 5.41) is 16.6. The highest BCUT2D eigenvalue weighted by Crippen LogP contribution is 2.21. The van der Waals surface area contributed by atoms with Crippen molar-refractivity contribution < 1.29 is 0 Å². The van der Waals surface area contributed by atoms with Gasteiger partial charge in [0.2, 0.25) is 0 Å². The molecule has 2 N–H and O–H groups in total. The van der Waals surface area contributed by atoms with Crippen LogP contribution in [0.25, 0.3) is 0 Å². The Morgan fingerprint density at radius 1 is 1.23 bits per heavy atom. The van der Waals surface area contributed by atoms with Gasteiger partial charge in [0.05, 0.1) is 12.7 Å². The summed E-state index contributed by atoms with van der Waals surface area (Å²) in [6.07, 6.45) is 5.67. The number of benzene rings is 1. The molecule has 0 aliphatic heterocycles. The fourth-order valence-corrected chi connectivity index (χ4v) is 3.00. The third-order valence-corrected chi connectivity index (χ3v) is 4.53. The second kappa shape index (κ2) is 8.53. The highest BCUT2D eigenvalue weighted by atomic mass is 35.5. The van der Waals surface area contributed by atoms with Crippen LogP contribution in [0.5, 0.6) is 0 Å². The summed E-state index contributed by atoms with van der Waals surface area (Å²) in [6, 6.07) is 7.28. The summed E-state index contributed by atoms with van der Waals surface area (Å²) < 4.78 is 3.66. The fraction of sp³-hybridized carbons (Fsp3) is 0.235. The Morgan fingerprint density at radius 3 is 2.81 bits per heavy atom. The maximum absolute atomic E-state index is 6.20. The van der Waals surface area contributed by atoms with Gasteiger partial charge in [-0.25, -0.2) is 0 Å². The van der Waals surface area contributed by atoms with E-state index in [-0.39, 0.29) is 0 Å². The van der Waals surface area contributed by atoms with E-state index in [0.29, 0.717) is 34.1 Å². The highest BCUT2D eigenvalue weighted by molar-refractivity contribution is 7.80. The molecule has 26 heavy (non-hydrogen) atoms. The predicted octanol–water partition coefficient (Wildman–Crippen LogP) is 3.94. The van der Waals surface area contributed by atoms with Gasteiger partial charge in [-0.2, -0.15) is 10.2 Å². The van der Waals surface area contributed by atoms with Gasteiger partial charge in [0, 0.05) is 47.2 Å². The lowest BCUT2D eigenvalue weighted by molar-refractivity contribution is 0.659. The minimum Gasteiger partial charge on any atom is -0.358 e. The molecule has 0 saturated carbocycles. The van der Waals surface area contributed by atoms with Gasteiger partial charge in [-0.3, -0.25) is 9.36 Å². The van der Waals surface area contributed by atoms with E-state index in [4.69, 9.17) is 35.4 Å². The molecule has 9 heteroatoms. The zero-order valence-electron chi connectivity index (χ0n) is 14.1. The Hall–Kier alpha value is -2.09. The van der Waals surface area contributed by atoms with Crippen LogP contribution in [0.1, 0.15) is 18.1 Å². The average molecular weight is 409 g/mol. The molecule has 0 aliphatic carbocycles. The molecule has 2 heterocycles. The molecule has 0 atom stereocenters. The third-order valence-electron chi connectivity index (χ3n) is 3.69. The quantitative estimate of drug-likeness (QED) is 0.604. The SMILES string of the molecule is CCn1cc(CNC(=S)Nc2ccn(Cc3ccc(Cl)cc3Cl)n2)cn1. The number of nitrogens with zero attached hydrogens (tertiary/aromatic N) is 4. The standard InChI is InChI=1S/C17H18Cl2N6S/c1-2-24-10-12(9-21-24)8-20-17(26)22-16-5-6-25(23-16)11-13-3-4-14(18)7-15(13)19/h3-7,9-10H,2,8,11H2,1H3,(H2,20,22,23,26). The van der Waals surface area contributed by atoms with E-state index >= 15 is 0 Å². The summed E-state index contributed by atoms with van der Waals surface area (Å²) in [5.74, 6) is 0.664. The van der Waals surface area contributed by atoms with Crippen molar-refractivity contribution in [3.63, 3.8) is 0 Å². The number of halogens is 2. The molecule has 0 radical (unpaired) electrons. The van der Waals surface area contributed by atoms with Gasteiger partial charge < -0.3 is 10.6 Å². The Labute approximate surface area is 167 Å². The maximum Gasteiger partial charge on any atom is 0.172 e. The van der Waals surface area contributed by atoms with Crippen LogP contribution >= 0.6 is 35.4 Å². The van der Waals surface area contributed by atoms with Gasteiger partial charge in [-0.05, 0) is 36.8 Å². The van der Waals surface area contributed by atoms with Crippen LogP contribution in [0.15, 0.2) is 42.9 Å². The van der Waals surface area contributed by atoms with Crippen LogP contribution < -0.4 is 10.6 Å². The zero-order chi connectivity index (χ0) is 18.5. The zero-order valence-corrected chi connectivity index (χ0v) is 16.4. The van der Waals surface area contributed by atoms with Crippen molar-refractivity contribution in [3.8, 4) is 0 Å². The van der Waals surface area contributed by atoms with Crippen molar-refractivity contribution in [2.45, 2.75) is 26.6 Å². The second-order valence-electron chi connectivity index (χ2n) is 5.65. The average Bonchev–Trinajstić information content (AvgIpc) is 3.25. The van der Waals surface area contributed by atoms with E-state index in [1.165, 1.54) is 0 Å². The van der Waals surface area contributed by atoms with Crippen LogP contribution in [0.2, 0.25) is 10.0 Å². The Bertz CT molecular complexity index is 904. The van der Waals surface area contributed by atoms with E-state index in [0.717, 1.165) is 17.7 Å². The number of thiocarbonyl (C=S) groups is 1. The van der Waals surface area contributed by atoms with Crippen molar-refractivity contribution >= 4 is 46.4 Å². The molecule has 0 aliphatic rings. The summed E-state index contributed by atoms with van der Waals surface area (Å²) in [6.45, 7) is 4.04. The van der Waals surface area contributed by atoms with Gasteiger partial charge in [0.15, 0.2) is 10.9 Å². The molecular weight excluding hydrogens is 391 g/mol. The molecule has 1 aromatic carbocycles. The van der Waals surface area contributed by atoms with E-state index in [1.807, 2.05) is 48.4 Å². The van der Waals surface area contributed by atoms with Gasteiger partial charge >= 0.3 is 0 Å². The minimum atomic E-state index is 0.504. The number of rotatable bonds is 6. The van der Waals surface area contributed by atoms with Crippen LogP contribution in [0.4, 0.5) is 5.82 Å². The van der Waals surface area contributed by atoms with Crippen LogP contribution in [-0.4, -0.2) is 24.7 Å². The van der Waals surface area contributed by atoms with Crippen LogP contribution in [-0.2, 0) is 19.6 Å². The molecule has 0 saturated heterocycles. The molecule has 3 aromatic rings.